The zero-order chi connectivity index (χ0) is 12.3. The Bertz CT molecular complexity index is 563. The van der Waals surface area contributed by atoms with Gasteiger partial charge in [-0.25, -0.2) is 0 Å². The number of fused-ring (bicyclic) bond motifs is 1. The van der Waals surface area contributed by atoms with Gasteiger partial charge in [-0.2, -0.15) is 0 Å². The summed E-state index contributed by atoms with van der Waals surface area (Å²) in [5, 5.41) is 13.0. The lowest BCUT2D eigenvalue weighted by molar-refractivity contribution is 0.251. The van der Waals surface area contributed by atoms with Crippen LogP contribution in [0.15, 0.2) is 35.1 Å². The van der Waals surface area contributed by atoms with E-state index in [9.17, 15) is 4.79 Å². The van der Waals surface area contributed by atoms with E-state index < -0.39 is 0 Å². The summed E-state index contributed by atoms with van der Waals surface area (Å²) in [4.78, 5) is 14.6. The molecule has 0 spiro atoms. The molecular formula is C13H16N2O2. The van der Waals surface area contributed by atoms with Gasteiger partial charge in [0.05, 0.1) is 6.61 Å². The molecule has 1 heterocycles. The molecule has 1 atom stereocenters. The molecule has 0 aliphatic carbocycles. The Morgan fingerprint density at radius 1 is 1.41 bits per heavy atom. The van der Waals surface area contributed by atoms with Gasteiger partial charge in [-0.15, -0.1) is 0 Å². The lowest BCUT2D eigenvalue weighted by Gasteiger charge is -2.10. The quantitative estimate of drug-likeness (QED) is 0.736. The van der Waals surface area contributed by atoms with E-state index in [2.05, 4.69) is 10.3 Å². The van der Waals surface area contributed by atoms with Crippen molar-refractivity contribution in [3.63, 3.8) is 0 Å². The van der Waals surface area contributed by atoms with Gasteiger partial charge in [-0.05, 0) is 24.4 Å². The van der Waals surface area contributed by atoms with Crippen LogP contribution in [0.5, 0.6) is 0 Å². The third kappa shape index (κ3) is 2.72. The average molecular weight is 232 g/mol. The molecule has 0 aliphatic heterocycles. The van der Waals surface area contributed by atoms with Crippen LogP contribution in [0.2, 0.25) is 0 Å². The molecular weight excluding hydrogens is 216 g/mol. The average Bonchev–Trinajstić information content (AvgIpc) is 2.35. The maximum absolute atomic E-state index is 11.8. The van der Waals surface area contributed by atoms with Crippen molar-refractivity contribution >= 4 is 10.9 Å². The fourth-order valence-electron chi connectivity index (χ4n) is 1.67. The first-order chi connectivity index (χ1) is 8.20. The van der Waals surface area contributed by atoms with E-state index in [1.54, 1.807) is 0 Å². The number of aromatic amines is 1. The zero-order valence-electron chi connectivity index (χ0n) is 9.73. The molecule has 0 amide bonds. The monoisotopic (exact) mass is 232 g/mol. The number of hydrogen-bond donors (Lipinski definition) is 3. The van der Waals surface area contributed by atoms with E-state index in [1.165, 1.54) is 0 Å². The molecule has 0 bridgehead atoms. The summed E-state index contributed by atoms with van der Waals surface area (Å²) in [7, 11) is 0. The van der Waals surface area contributed by atoms with Gasteiger partial charge in [-0.1, -0.05) is 18.2 Å². The van der Waals surface area contributed by atoms with Crippen molar-refractivity contribution in [2.75, 3.05) is 6.61 Å². The molecule has 3 N–H and O–H groups in total. The van der Waals surface area contributed by atoms with Gasteiger partial charge in [0, 0.05) is 23.7 Å². The molecule has 90 valence electrons. The first-order valence-corrected chi connectivity index (χ1v) is 5.66. The van der Waals surface area contributed by atoms with E-state index in [0.717, 1.165) is 10.9 Å². The van der Waals surface area contributed by atoms with Gasteiger partial charge < -0.3 is 15.4 Å². The molecule has 4 nitrogen and oxygen atoms in total. The standard InChI is InChI=1S/C13H16N2O2/c1-9(8-16)14-7-11-6-10-4-2-3-5-12(10)15-13(11)17/h2-6,9,14,16H,7-8H2,1H3,(H,15,17). The van der Waals surface area contributed by atoms with Gasteiger partial charge in [0.25, 0.3) is 5.56 Å². The number of pyridine rings is 1. The lowest BCUT2D eigenvalue weighted by atomic mass is 10.1. The third-order valence-electron chi connectivity index (χ3n) is 2.75. The molecule has 0 radical (unpaired) electrons. The third-order valence-corrected chi connectivity index (χ3v) is 2.75. The van der Waals surface area contributed by atoms with Crippen LogP contribution in [-0.2, 0) is 6.54 Å². The van der Waals surface area contributed by atoms with Crippen LogP contribution in [-0.4, -0.2) is 22.7 Å². The van der Waals surface area contributed by atoms with Crippen molar-refractivity contribution < 1.29 is 5.11 Å². The summed E-state index contributed by atoms with van der Waals surface area (Å²) in [6, 6.07) is 9.54. The fourth-order valence-corrected chi connectivity index (χ4v) is 1.67. The number of para-hydroxylation sites is 1. The summed E-state index contributed by atoms with van der Waals surface area (Å²) in [5.74, 6) is 0. The van der Waals surface area contributed by atoms with Gasteiger partial charge in [0.2, 0.25) is 0 Å². The summed E-state index contributed by atoms with van der Waals surface area (Å²) in [5.41, 5.74) is 1.45. The SMILES string of the molecule is CC(CO)NCc1cc2ccccc2[nH]c1=O. The summed E-state index contributed by atoms with van der Waals surface area (Å²) in [6.07, 6.45) is 0. The lowest BCUT2D eigenvalue weighted by Crippen LogP contribution is -2.31. The Kier molecular flexibility index (Phi) is 3.56. The fraction of sp³-hybridized carbons (Fsp3) is 0.308. The van der Waals surface area contributed by atoms with Gasteiger partial charge in [-0.3, -0.25) is 4.79 Å². The summed E-state index contributed by atoms with van der Waals surface area (Å²) >= 11 is 0. The Morgan fingerprint density at radius 2 is 2.18 bits per heavy atom. The number of H-pyrrole nitrogens is 1. The van der Waals surface area contributed by atoms with Crippen molar-refractivity contribution in [1.82, 2.24) is 10.3 Å². The van der Waals surface area contributed by atoms with Crippen molar-refractivity contribution in [1.29, 1.82) is 0 Å². The highest BCUT2D eigenvalue weighted by Gasteiger charge is 2.04. The smallest absolute Gasteiger partial charge is 0.252 e. The zero-order valence-corrected chi connectivity index (χ0v) is 9.73. The van der Waals surface area contributed by atoms with E-state index >= 15 is 0 Å². The molecule has 2 rings (SSSR count). The number of benzene rings is 1. The normalized spacial score (nSPS) is 12.8. The van der Waals surface area contributed by atoms with Crippen LogP contribution >= 0.6 is 0 Å². The molecule has 2 aromatic rings. The Labute approximate surface area is 99.3 Å². The van der Waals surface area contributed by atoms with Crippen LogP contribution in [0.1, 0.15) is 12.5 Å². The maximum Gasteiger partial charge on any atom is 0.252 e. The number of aliphatic hydroxyl groups is 1. The first kappa shape index (κ1) is 11.8. The highest BCUT2D eigenvalue weighted by molar-refractivity contribution is 5.78. The van der Waals surface area contributed by atoms with Gasteiger partial charge in [0.1, 0.15) is 0 Å². The molecule has 0 aliphatic rings. The molecule has 1 aromatic carbocycles. The second-order valence-electron chi connectivity index (χ2n) is 4.18. The second kappa shape index (κ2) is 5.12. The minimum Gasteiger partial charge on any atom is -0.395 e. The number of aliphatic hydroxyl groups excluding tert-OH is 1. The minimum absolute atomic E-state index is 0.0131. The Balaban J connectivity index is 2.28. The molecule has 0 saturated carbocycles. The van der Waals surface area contributed by atoms with Crippen LogP contribution in [0.3, 0.4) is 0 Å². The maximum atomic E-state index is 11.8. The summed E-state index contributed by atoms with van der Waals surface area (Å²) in [6.45, 7) is 2.39. The van der Waals surface area contributed by atoms with Gasteiger partial charge >= 0.3 is 0 Å². The number of rotatable bonds is 4. The molecule has 1 unspecified atom stereocenters. The number of aromatic nitrogens is 1. The van der Waals surface area contributed by atoms with Crippen LogP contribution in [0.25, 0.3) is 10.9 Å². The molecule has 0 fully saturated rings. The van der Waals surface area contributed by atoms with Gasteiger partial charge in [0.15, 0.2) is 0 Å². The van der Waals surface area contributed by atoms with E-state index in [-0.39, 0.29) is 18.2 Å². The topological polar surface area (TPSA) is 65.1 Å². The molecule has 17 heavy (non-hydrogen) atoms. The van der Waals surface area contributed by atoms with Crippen molar-refractivity contribution in [2.45, 2.75) is 19.5 Å². The van der Waals surface area contributed by atoms with E-state index in [1.807, 2.05) is 37.3 Å². The molecule has 0 saturated heterocycles. The Morgan fingerprint density at radius 3 is 2.94 bits per heavy atom. The number of nitrogens with one attached hydrogen (secondary N) is 2. The minimum atomic E-state index is -0.0821. The van der Waals surface area contributed by atoms with Crippen LogP contribution in [0.4, 0.5) is 0 Å². The number of hydrogen-bond acceptors (Lipinski definition) is 3. The molecule has 4 heteroatoms. The van der Waals surface area contributed by atoms with E-state index in [4.69, 9.17) is 5.11 Å². The highest BCUT2D eigenvalue weighted by Crippen LogP contribution is 2.09. The predicted molar refractivity (Wildman–Crippen MR) is 68.0 cm³/mol. The summed E-state index contributed by atoms with van der Waals surface area (Å²) < 4.78 is 0. The van der Waals surface area contributed by atoms with Crippen molar-refractivity contribution in [2.24, 2.45) is 0 Å². The van der Waals surface area contributed by atoms with Crippen LogP contribution < -0.4 is 10.9 Å². The second-order valence-corrected chi connectivity index (χ2v) is 4.18. The van der Waals surface area contributed by atoms with Crippen molar-refractivity contribution in [3.05, 3.63) is 46.2 Å². The first-order valence-electron chi connectivity index (χ1n) is 5.66. The predicted octanol–water partition coefficient (Wildman–Crippen LogP) is 0.998. The Hall–Kier alpha value is -1.65. The highest BCUT2D eigenvalue weighted by atomic mass is 16.3. The van der Waals surface area contributed by atoms with Crippen LogP contribution in [0, 0.1) is 0 Å². The van der Waals surface area contributed by atoms with E-state index in [0.29, 0.717) is 12.1 Å². The van der Waals surface area contributed by atoms with Crippen molar-refractivity contribution in [3.8, 4) is 0 Å². The largest absolute Gasteiger partial charge is 0.395 e. The molecule has 1 aromatic heterocycles.